The first-order chi connectivity index (χ1) is 17.0. The van der Waals surface area contributed by atoms with E-state index in [4.69, 9.17) is 4.74 Å². The molecule has 1 aromatic heterocycles. The normalized spacial score (nSPS) is 10.6. The smallest absolute Gasteiger partial charge is 0.251 e. The van der Waals surface area contributed by atoms with Crippen molar-refractivity contribution in [2.75, 3.05) is 18.2 Å². The first kappa shape index (κ1) is 24.0. The van der Waals surface area contributed by atoms with Gasteiger partial charge in [-0.1, -0.05) is 54.2 Å². The van der Waals surface area contributed by atoms with Gasteiger partial charge < -0.3 is 15.4 Å². The van der Waals surface area contributed by atoms with E-state index in [-0.39, 0.29) is 24.1 Å². The summed E-state index contributed by atoms with van der Waals surface area (Å²) < 4.78 is 7.34. The lowest BCUT2D eigenvalue weighted by Crippen LogP contribution is -2.24. The number of para-hydroxylation sites is 2. The summed E-state index contributed by atoms with van der Waals surface area (Å²) >= 11 is 1.25. The Labute approximate surface area is 207 Å². The van der Waals surface area contributed by atoms with E-state index in [2.05, 4.69) is 20.8 Å². The van der Waals surface area contributed by atoms with Gasteiger partial charge >= 0.3 is 0 Å². The molecule has 0 aliphatic carbocycles. The maximum atomic E-state index is 12.6. The lowest BCUT2D eigenvalue weighted by Gasteiger charge is -2.14. The minimum atomic E-state index is -0.216. The number of nitrogens with one attached hydrogen (secondary N) is 2. The molecule has 4 rings (SSSR count). The van der Waals surface area contributed by atoms with Gasteiger partial charge in [-0.05, 0) is 48.9 Å². The highest BCUT2D eigenvalue weighted by atomic mass is 32.2. The summed E-state index contributed by atoms with van der Waals surface area (Å²) in [4.78, 5) is 25.1. The number of carbonyl (C=O) groups excluding carboxylic acids is 2. The molecule has 0 fully saturated rings. The van der Waals surface area contributed by atoms with Crippen LogP contribution in [-0.4, -0.2) is 39.4 Å². The second-order valence-corrected chi connectivity index (χ2v) is 8.60. The van der Waals surface area contributed by atoms with Crippen LogP contribution in [0.1, 0.15) is 21.7 Å². The number of methoxy groups -OCH3 is 1. The fraction of sp³-hybridized carbons (Fsp3) is 0.154. The van der Waals surface area contributed by atoms with Crippen molar-refractivity contribution in [1.82, 2.24) is 20.1 Å². The van der Waals surface area contributed by atoms with Crippen LogP contribution in [0.25, 0.3) is 5.69 Å². The van der Waals surface area contributed by atoms with Crippen molar-refractivity contribution in [1.29, 1.82) is 0 Å². The van der Waals surface area contributed by atoms with E-state index in [0.717, 1.165) is 11.3 Å². The van der Waals surface area contributed by atoms with Gasteiger partial charge in [0.25, 0.3) is 5.91 Å². The van der Waals surface area contributed by atoms with Gasteiger partial charge in [-0.3, -0.25) is 14.2 Å². The van der Waals surface area contributed by atoms with Crippen molar-refractivity contribution in [2.45, 2.75) is 18.6 Å². The molecule has 2 amide bonds. The van der Waals surface area contributed by atoms with Gasteiger partial charge in [0.2, 0.25) is 5.91 Å². The van der Waals surface area contributed by atoms with Crippen molar-refractivity contribution < 1.29 is 14.3 Å². The number of aryl methyl sites for hydroxylation is 1. The number of aromatic nitrogens is 3. The van der Waals surface area contributed by atoms with E-state index in [1.807, 2.05) is 73.7 Å². The summed E-state index contributed by atoms with van der Waals surface area (Å²) in [5.41, 5.74) is 3.07. The molecule has 9 heteroatoms. The molecule has 0 atom stereocenters. The molecule has 3 aromatic carbocycles. The highest BCUT2D eigenvalue weighted by molar-refractivity contribution is 7.99. The van der Waals surface area contributed by atoms with Gasteiger partial charge in [0.05, 0.1) is 25.1 Å². The Morgan fingerprint density at radius 2 is 1.74 bits per heavy atom. The van der Waals surface area contributed by atoms with Crippen molar-refractivity contribution in [3.63, 3.8) is 0 Å². The maximum Gasteiger partial charge on any atom is 0.251 e. The molecule has 0 aliphatic rings. The van der Waals surface area contributed by atoms with E-state index >= 15 is 0 Å². The predicted octanol–water partition coefficient (Wildman–Crippen LogP) is 4.25. The van der Waals surface area contributed by atoms with Gasteiger partial charge in [0, 0.05) is 11.3 Å². The fourth-order valence-corrected chi connectivity index (χ4v) is 4.23. The molecule has 0 bridgehead atoms. The molecule has 1 heterocycles. The van der Waals surface area contributed by atoms with Crippen molar-refractivity contribution in [3.05, 3.63) is 95.8 Å². The van der Waals surface area contributed by atoms with Crippen LogP contribution in [0, 0.1) is 6.92 Å². The van der Waals surface area contributed by atoms with E-state index in [0.29, 0.717) is 28.0 Å². The molecule has 0 spiro atoms. The zero-order valence-corrected chi connectivity index (χ0v) is 20.2. The quantitative estimate of drug-likeness (QED) is 0.343. The first-order valence-electron chi connectivity index (χ1n) is 11.0. The molecule has 4 aromatic rings. The van der Waals surface area contributed by atoms with Crippen LogP contribution >= 0.6 is 11.8 Å². The number of thioether (sulfide) groups is 1. The maximum absolute atomic E-state index is 12.6. The van der Waals surface area contributed by atoms with Crippen LogP contribution in [0.3, 0.4) is 0 Å². The number of amides is 2. The Balaban J connectivity index is 1.54. The van der Waals surface area contributed by atoms with Crippen LogP contribution in [0.15, 0.2) is 84.0 Å². The zero-order valence-electron chi connectivity index (χ0n) is 19.4. The highest BCUT2D eigenvalue weighted by Crippen LogP contribution is 2.28. The molecular weight excluding hydrogens is 462 g/mol. The zero-order chi connectivity index (χ0) is 24.6. The number of hydrogen-bond acceptors (Lipinski definition) is 6. The summed E-state index contributed by atoms with van der Waals surface area (Å²) in [5, 5.41) is 14.9. The molecule has 8 nitrogen and oxygen atoms in total. The first-order valence-corrected chi connectivity index (χ1v) is 11.9. The average molecular weight is 488 g/mol. The minimum absolute atomic E-state index is 0.137. The molecule has 0 saturated heterocycles. The van der Waals surface area contributed by atoms with E-state index in [1.165, 1.54) is 11.8 Å². The van der Waals surface area contributed by atoms with Crippen LogP contribution in [0.4, 0.5) is 5.69 Å². The largest absolute Gasteiger partial charge is 0.495 e. The Hall–Kier alpha value is -4.11. The fourth-order valence-electron chi connectivity index (χ4n) is 3.47. The molecule has 35 heavy (non-hydrogen) atoms. The minimum Gasteiger partial charge on any atom is -0.495 e. The van der Waals surface area contributed by atoms with Gasteiger partial charge in [-0.25, -0.2) is 0 Å². The van der Waals surface area contributed by atoms with Crippen molar-refractivity contribution in [2.24, 2.45) is 0 Å². The third kappa shape index (κ3) is 6.07. The lowest BCUT2D eigenvalue weighted by molar-refractivity contribution is -0.113. The molecule has 0 radical (unpaired) electrons. The SMILES string of the molecule is COc1ccccc1-n1c(CNC(=O)c2ccccc2)nnc1SCC(=O)Nc1cccc(C)c1. The molecule has 0 aliphatic heterocycles. The Kier molecular flexibility index (Phi) is 7.79. The number of carbonyl (C=O) groups is 2. The van der Waals surface area contributed by atoms with Crippen molar-refractivity contribution in [3.8, 4) is 11.4 Å². The molecule has 178 valence electrons. The van der Waals surface area contributed by atoms with E-state index < -0.39 is 0 Å². The van der Waals surface area contributed by atoms with Gasteiger partial charge in [0.15, 0.2) is 11.0 Å². The van der Waals surface area contributed by atoms with Crippen LogP contribution < -0.4 is 15.4 Å². The van der Waals surface area contributed by atoms with E-state index in [9.17, 15) is 9.59 Å². The summed E-state index contributed by atoms with van der Waals surface area (Å²) in [6.07, 6.45) is 0. The van der Waals surface area contributed by atoms with Crippen LogP contribution in [-0.2, 0) is 11.3 Å². The molecule has 2 N–H and O–H groups in total. The number of ether oxygens (including phenoxy) is 1. The third-order valence-corrected chi connectivity index (χ3v) is 6.03. The predicted molar refractivity (Wildman–Crippen MR) is 136 cm³/mol. The third-order valence-electron chi connectivity index (χ3n) is 5.10. The molecule has 0 saturated carbocycles. The van der Waals surface area contributed by atoms with Crippen molar-refractivity contribution >= 4 is 29.3 Å². The van der Waals surface area contributed by atoms with Crippen LogP contribution in [0.5, 0.6) is 5.75 Å². The van der Waals surface area contributed by atoms with E-state index in [1.54, 1.807) is 23.8 Å². The number of rotatable bonds is 9. The number of anilines is 1. The average Bonchev–Trinajstić information content (AvgIpc) is 3.29. The standard InChI is InChI=1S/C26H25N5O3S/c1-18-9-8-12-20(15-18)28-24(32)17-35-26-30-29-23(16-27-25(33)19-10-4-3-5-11-19)31(26)21-13-6-7-14-22(21)34-2/h3-15H,16-17H2,1-2H3,(H,27,33)(H,28,32). The van der Waals surface area contributed by atoms with Gasteiger partial charge in [0.1, 0.15) is 5.75 Å². The molecule has 0 unspecified atom stereocenters. The second-order valence-electron chi connectivity index (χ2n) is 7.66. The summed E-state index contributed by atoms with van der Waals surface area (Å²) in [5.74, 6) is 0.896. The Morgan fingerprint density at radius 1 is 0.971 bits per heavy atom. The topological polar surface area (TPSA) is 98.1 Å². The summed E-state index contributed by atoms with van der Waals surface area (Å²) in [7, 11) is 1.59. The monoisotopic (exact) mass is 487 g/mol. The summed E-state index contributed by atoms with van der Waals surface area (Å²) in [6, 6.07) is 24.0. The Bertz CT molecular complexity index is 1320. The van der Waals surface area contributed by atoms with Gasteiger partial charge in [-0.2, -0.15) is 0 Å². The van der Waals surface area contributed by atoms with Gasteiger partial charge in [-0.15, -0.1) is 10.2 Å². The van der Waals surface area contributed by atoms with Crippen LogP contribution in [0.2, 0.25) is 0 Å². The Morgan fingerprint density at radius 3 is 2.51 bits per heavy atom. The number of hydrogen-bond donors (Lipinski definition) is 2. The number of nitrogens with zero attached hydrogens (tertiary/aromatic N) is 3. The lowest BCUT2D eigenvalue weighted by atomic mass is 10.2. The molecular formula is C26H25N5O3S. The summed E-state index contributed by atoms with van der Waals surface area (Å²) in [6.45, 7) is 2.12. The second kappa shape index (κ2) is 11.3. The number of benzene rings is 3. The highest BCUT2D eigenvalue weighted by Gasteiger charge is 2.19.